The van der Waals surface area contributed by atoms with Gasteiger partial charge in [-0.3, -0.25) is 4.79 Å². The van der Waals surface area contributed by atoms with Gasteiger partial charge in [-0.2, -0.15) is 13.2 Å². The molecule has 15 heteroatoms. The molecule has 4 N–H and O–H groups in total. The van der Waals surface area contributed by atoms with Gasteiger partial charge in [-0.15, -0.1) is 0 Å². The molecule has 35 heavy (non-hydrogen) atoms. The van der Waals surface area contributed by atoms with Gasteiger partial charge in [0.15, 0.2) is 0 Å². The Hall–Kier alpha value is -3.10. The van der Waals surface area contributed by atoms with Gasteiger partial charge in [0.05, 0.1) is 13.1 Å². The fraction of sp³-hybridized carbons (Fsp3) is 0.450. The smallest absolute Gasteiger partial charge is 0.475 e. The van der Waals surface area contributed by atoms with Gasteiger partial charge in [-0.25, -0.2) is 13.9 Å². The number of rotatable bonds is 7. The molecule has 198 valence electrons. The van der Waals surface area contributed by atoms with Gasteiger partial charge in [-0.1, -0.05) is 44.5 Å². The molecule has 0 aliphatic carbocycles. The Morgan fingerprint density at radius 1 is 1.14 bits per heavy atom. The molecule has 0 unspecified atom stereocenters. The number of nitrogens with zero attached hydrogens (tertiary/aromatic N) is 2. The van der Waals surface area contributed by atoms with Crippen molar-refractivity contribution in [1.82, 2.24) is 9.88 Å². The second-order valence-electron chi connectivity index (χ2n) is 7.49. The van der Waals surface area contributed by atoms with Crippen molar-refractivity contribution in [3.8, 4) is 0 Å². The van der Waals surface area contributed by atoms with Gasteiger partial charge in [0.25, 0.3) is 0 Å². The molecule has 0 saturated heterocycles. The summed E-state index contributed by atoms with van der Waals surface area (Å²) in [6.07, 6.45) is 1.93. The normalized spacial score (nSPS) is 12.9. The van der Waals surface area contributed by atoms with Gasteiger partial charge >= 0.3 is 19.4 Å². The molecule has 0 bridgehead atoms. The number of aromatic nitrogens is 2. The largest absolute Gasteiger partial charge is 0.673 e. The van der Waals surface area contributed by atoms with E-state index in [1.165, 1.54) is 5.56 Å². The molecule has 0 saturated carbocycles. The van der Waals surface area contributed by atoms with Crippen molar-refractivity contribution in [3.63, 3.8) is 0 Å². The molecule has 7 nitrogen and oxygen atoms in total. The molecule has 0 aliphatic heterocycles. The van der Waals surface area contributed by atoms with Crippen LogP contribution < -0.4 is 15.6 Å². The number of carbonyl (C=O) groups excluding carboxylic acids is 1. The lowest BCUT2D eigenvalue weighted by Gasteiger charge is -2.17. The molecule has 0 radical (unpaired) electrons. The molecule has 1 aromatic heterocycles. The second-order valence-corrected chi connectivity index (χ2v) is 7.49. The van der Waals surface area contributed by atoms with Crippen LogP contribution in [0.15, 0.2) is 43.0 Å². The monoisotopic (exact) mass is 516 g/mol. The molecular formula is C20H28BF7N4O3. The Labute approximate surface area is 197 Å². The first-order valence-corrected chi connectivity index (χ1v) is 10.2. The number of hydrogen-bond acceptors (Lipinski definition) is 3. The lowest BCUT2D eigenvalue weighted by molar-refractivity contribution is -0.671. The van der Waals surface area contributed by atoms with Crippen molar-refractivity contribution in [2.45, 2.75) is 45.6 Å². The van der Waals surface area contributed by atoms with Crippen LogP contribution in [0.2, 0.25) is 0 Å². The maximum atomic E-state index is 12.0. The summed E-state index contributed by atoms with van der Waals surface area (Å²) in [6.45, 7) is 5.40. The number of imidazole rings is 1. The van der Waals surface area contributed by atoms with E-state index < -0.39 is 25.4 Å². The lowest BCUT2D eigenvalue weighted by Crippen LogP contribution is -2.44. The Morgan fingerprint density at radius 3 is 1.97 bits per heavy atom. The number of nitrogens with two attached hydrogens (primary N) is 1. The van der Waals surface area contributed by atoms with Gasteiger partial charge < -0.3 is 33.4 Å². The number of benzene rings is 1. The van der Waals surface area contributed by atoms with Crippen LogP contribution >= 0.6 is 0 Å². The molecule has 0 aliphatic rings. The van der Waals surface area contributed by atoms with Gasteiger partial charge in [0.1, 0.15) is 18.9 Å². The molecule has 0 spiro atoms. The standard InChI is InChI=1S/C18H26N4O.C2HF3O2.BF4/c1-4-14(2)17(19)18(23)20-11-15-5-7-16(8-6-15)12-22-10-9-21(3)13-22;3-2(4,5)1(6)7;2-1(3,4)5/h5-10,13-14,17H,4,11-12,19H2,1-3H3;(H,6,7);/q;;-1/p+1/t14-,17-;;/m0../s1. The van der Waals surface area contributed by atoms with E-state index in [2.05, 4.69) is 22.0 Å². The number of aryl methyl sites for hydroxylation is 1. The van der Waals surface area contributed by atoms with Crippen molar-refractivity contribution in [3.05, 3.63) is 54.1 Å². The third-order valence-corrected chi connectivity index (χ3v) is 4.48. The number of carboxylic acid groups (broad SMARTS) is 1. The summed E-state index contributed by atoms with van der Waals surface area (Å²) < 4.78 is 74.9. The number of halogens is 7. The molecule has 1 aromatic carbocycles. The number of aliphatic carboxylic acids is 1. The van der Waals surface area contributed by atoms with Crippen LogP contribution in [0, 0.1) is 5.92 Å². The first-order chi connectivity index (χ1) is 15.9. The molecule has 2 rings (SSSR count). The molecule has 1 amide bonds. The third-order valence-electron chi connectivity index (χ3n) is 4.48. The van der Waals surface area contributed by atoms with Crippen molar-refractivity contribution >= 4 is 19.1 Å². The lowest BCUT2D eigenvalue weighted by atomic mass is 9.99. The SMILES string of the molecule is CC[C@H](C)[C@H](N)C(=O)NCc1ccc(Cn2cc[n+](C)c2)cc1.F[B-](F)(F)F.O=C(O)C(F)(F)F. The Balaban J connectivity index is 0.000000798. The van der Waals surface area contributed by atoms with Gasteiger partial charge in [-0.05, 0) is 17.0 Å². The number of amides is 1. The van der Waals surface area contributed by atoms with Gasteiger partial charge in [0.2, 0.25) is 12.2 Å². The first kappa shape index (κ1) is 31.9. The third kappa shape index (κ3) is 15.4. The zero-order valence-electron chi connectivity index (χ0n) is 19.3. The molecule has 2 atom stereocenters. The van der Waals surface area contributed by atoms with E-state index in [4.69, 9.17) is 15.6 Å². The molecule has 2 aromatic rings. The summed E-state index contributed by atoms with van der Waals surface area (Å²) in [5.74, 6) is -2.64. The zero-order valence-corrected chi connectivity index (χ0v) is 19.3. The number of nitrogens with one attached hydrogen (secondary N) is 1. The zero-order chi connectivity index (χ0) is 27.4. The topological polar surface area (TPSA) is 101 Å². The van der Waals surface area contributed by atoms with Gasteiger partial charge in [0, 0.05) is 6.54 Å². The second kappa shape index (κ2) is 14.3. The van der Waals surface area contributed by atoms with Crippen molar-refractivity contribution in [2.75, 3.05) is 0 Å². The van der Waals surface area contributed by atoms with E-state index in [1.807, 2.05) is 56.3 Å². The molecule has 0 fully saturated rings. The predicted octanol–water partition coefficient (Wildman–Crippen LogP) is 3.28. The summed E-state index contributed by atoms with van der Waals surface area (Å²) in [7, 11) is -3.99. The van der Waals surface area contributed by atoms with Crippen LogP contribution in [0.3, 0.4) is 0 Å². The first-order valence-electron chi connectivity index (χ1n) is 10.2. The summed E-state index contributed by atoms with van der Waals surface area (Å²) >= 11 is 0. The van der Waals surface area contributed by atoms with Crippen molar-refractivity contribution in [1.29, 1.82) is 0 Å². The fourth-order valence-electron chi connectivity index (χ4n) is 2.39. The molecule has 1 heterocycles. The minimum Gasteiger partial charge on any atom is -0.475 e. The number of carboxylic acids is 1. The van der Waals surface area contributed by atoms with Crippen LogP contribution in [-0.2, 0) is 29.7 Å². The predicted molar refractivity (Wildman–Crippen MR) is 114 cm³/mol. The highest BCUT2D eigenvalue weighted by Crippen LogP contribution is 2.13. The number of carbonyl (C=O) groups is 2. The van der Waals surface area contributed by atoms with Crippen LogP contribution in [-0.4, -0.2) is 41.0 Å². The van der Waals surface area contributed by atoms with Crippen LogP contribution in [0.5, 0.6) is 0 Å². The van der Waals surface area contributed by atoms with Crippen LogP contribution in [0.4, 0.5) is 30.4 Å². The number of hydrogen-bond donors (Lipinski definition) is 3. The highest BCUT2D eigenvalue weighted by Gasteiger charge is 2.38. The summed E-state index contributed by atoms with van der Waals surface area (Å²) in [5.41, 5.74) is 8.24. The van der Waals surface area contributed by atoms with Crippen molar-refractivity contribution < 1.29 is 49.7 Å². The van der Waals surface area contributed by atoms with E-state index in [9.17, 15) is 35.2 Å². The van der Waals surface area contributed by atoms with Crippen LogP contribution in [0.1, 0.15) is 31.4 Å². The summed E-state index contributed by atoms with van der Waals surface area (Å²) in [4.78, 5) is 20.9. The fourth-order valence-corrected chi connectivity index (χ4v) is 2.39. The highest BCUT2D eigenvalue weighted by atomic mass is 19.5. The highest BCUT2D eigenvalue weighted by molar-refractivity contribution is 6.50. The van der Waals surface area contributed by atoms with E-state index >= 15 is 0 Å². The van der Waals surface area contributed by atoms with E-state index in [0.717, 1.165) is 18.5 Å². The van der Waals surface area contributed by atoms with Crippen LogP contribution in [0.25, 0.3) is 0 Å². The summed E-state index contributed by atoms with van der Waals surface area (Å²) in [5, 5.41) is 10.0. The Kier molecular flexibility index (Phi) is 13.1. The van der Waals surface area contributed by atoms with E-state index in [-0.39, 0.29) is 11.8 Å². The Bertz CT molecular complexity index is 913. The minimum atomic E-state index is -6.00. The maximum Gasteiger partial charge on any atom is 0.673 e. The quantitative estimate of drug-likeness (QED) is 0.299. The number of alkyl halides is 3. The molecular weight excluding hydrogens is 488 g/mol. The average molecular weight is 516 g/mol. The van der Waals surface area contributed by atoms with E-state index in [0.29, 0.717) is 6.54 Å². The minimum absolute atomic E-state index is 0.0803. The average Bonchev–Trinajstić information content (AvgIpc) is 3.15. The van der Waals surface area contributed by atoms with E-state index in [1.54, 1.807) is 0 Å². The maximum absolute atomic E-state index is 12.0. The summed E-state index contributed by atoms with van der Waals surface area (Å²) in [6, 6.07) is 7.85. The Morgan fingerprint density at radius 2 is 1.60 bits per heavy atom. The van der Waals surface area contributed by atoms with Crippen molar-refractivity contribution in [2.24, 2.45) is 18.7 Å².